The summed E-state index contributed by atoms with van der Waals surface area (Å²) in [5.74, 6) is 0.689. The molecule has 0 amide bonds. The van der Waals surface area contributed by atoms with Gasteiger partial charge in [-0.25, -0.2) is 0 Å². The predicted molar refractivity (Wildman–Crippen MR) is 78.0 cm³/mol. The van der Waals surface area contributed by atoms with E-state index >= 15 is 0 Å². The Labute approximate surface area is 113 Å². The lowest BCUT2D eigenvalue weighted by Crippen LogP contribution is -2.57. The molecule has 1 saturated heterocycles. The van der Waals surface area contributed by atoms with Crippen LogP contribution in [0.3, 0.4) is 0 Å². The summed E-state index contributed by atoms with van der Waals surface area (Å²) in [5.41, 5.74) is 0. The van der Waals surface area contributed by atoms with Crippen LogP contribution in [0.4, 0.5) is 0 Å². The topological polar surface area (TPSA) is 24.5 Å². The second kappa shape index (κ2) is 8.13. The van der Waals surface area contributed by atoms with Crippen LogP contribution in [-0.4, -0.2) is 49.3 Å². The lowest BCUT2D eigenvalue weighted by Gasteiger charge is -2.44. The first kappa shape index (κ1) is 15.9. The molecule has 3 nitrogen and oxygen atoms in total. The molecular formula is C15H32N2O. The average molecular weight is 256 g/mol. The number of hydrogen-bond donors (Lipinski definition) is 1. The summed E-state index contributed by atoms with van der Waals surface area (Å²) >= 11 is 0. The van der Waals surface area contributed by atoms with Crippen LogP contribution in [0.1, 0.15) is 47.5 Å². The van der Waals surface area contributed by atoms with E-state index in [1.807, 2.05) is 0 Å². The fourth-order valence-electron chi connectivity index (χ4n) is 2.79. The summed E-state index contributed by atoms with van der Waals surface area (Å²) in [6, 6.07) is 1.23. The maximum atomic E-state index is 5.81. The zero-order valence-corrected chi connectivity index (χ0v) is 12.9. The van der Waals surface area contributed by atoms with Crippen LogP contribution < -0.4 is 5.32 Å². The molecule has 1 aliphatic rings. The lowest BCUT2D eigenvalue weighted by molar-refractivity contribution is -0.0788. The Balaban J connectivity index is 2.62. The quantitative estimate of drug-likeness (QED) is 0.708. The van der Waals surface area contributed by atoms with Crippen LogP contribution >= 0.6 is 0 Å². The molecule has 1 N–H and O–H groups in total. The predicted octanol–water partition coefficient (Wildman–Crippen LogP) is 2.51. The van der Waals surface area contributed by atoms with Crippen LogP contribution in [-0.2, 0) is 4.74 Å². The third kappa shape index (κ3) is 4.52. The fraction of sp³-hybridized carbons (Fsp3) is 1.00. The molecule has 1 aliphatic heterocycles. The van der Waals surface area contributed by atoms with Crippen molar-refractivity contribution in [2.24, 2.45) is 5.92 Å². The van der Waals surface area contributed by atoms with Crippen molar-refractivity contribution in [1.29, 1.82) is 0 Å². The van der Waals surface area contributed by atoms with Crippen molar-refractivity contribution < 1.29 is 4.74 Å². The molecule has 1 heterocycles. The smallest absolute Gasteiger partial charge is 0.0674 e. The maximum Gasteiger partial charge on any atom is 0.0674 e. The molecule has 3 unspecified atom stereocenters. The van der Waals surface area contributed by atoms with Gasteiger partial charge in [0.25, 0.3) is 0 Å². The van der Waals surface area contributed by atoms with Gasteiger partial charge >= 0.3 is 0 Å². The molecule has 18 heavy (non-hydrogen) atoms. The SMILES string of the molecule is CCCNCC(C(C)C)N1CC(C)OCC1CC. The normalized spacial score (nSPS) is 27.7. The fourth-order valence-corrected chi connectivity index (χ4v) is 2.79. The number of nitrogens with one attached hydrogen (secondary N) is 1. The lowest BCUT2D eigenvalue weighted by atomic mass is 9.98. The monoisotopic (exact) mass is 256 g/mol. The van der Waals surface area contributed by atoms with E-state index in [2.05, 4.69) is 44.8 Å². The van der Waals surface area contributed by atoms with Crippen molar-refractivity contribution in [2.45, 2.75) is 65.6 Å². The van der Waals surface area contributed by atoms with Crippen molar-refractivity contribution in [1.82, 2.24) is 10.2 Å². The molecule has 0 bridgehead atoms. The van der Waals surface area contributed by atoms with Gasteiger partial charge in [-0.1, -0.05) is 27.7 Å². The second-order valence-electron chi connectivity index (χ2n) is 5.92. The third-order valence-electron chi connectivity index (χ3n) is 3.96. The van der Waals surface area contributed by atoms with E-state index in [4.69, 9.17) is 4.74 Å². The standard InChI is InChI=1S/C15H32N2O/c1-6-8-16-9-15(12(3)4)17-10-13(5)18-11-14(17)7-2/h12-16H,6-11H2,1-5H3. The summed E-state index contributed by atoms with van der Waals surface area (Å²) < 4.78 is 5.81. The van der Waals surface area contributed by atoms with Gasteiger partial charge in [0.15, 0.2) is 0 Å². The van der Waals surface area contributed by atoms with E-state index in [0.29, 0.717) is 24.1 Å². The zero-order valence-electron chi connectivity index (χ0n) is 12.9. The van der Waals surface area contributed by atoms with E-state index in [1.54, 1.807) is 0 Å². The van der Waals surface area contributed by atoms with Crippen molar-refractivity contribution in [3.63, 3.8) is 0 Å². The molecule has 0 aromatic carbocycles. The van der Waals surface area contributed by atoms with Gasteiger partial charge in [0, 0.05) is 25.2 Å². The minimum Gasteiger partial charge on any atom is -0.376 e. The Bertz CT molecular complexity index is 221. The van der Waals surface area contributed by atoms with Crippen molar-refractivity contribution >= 4 is 0 Å². The van der Waals surface area contributed by atoms with Gasteiger partial charge in [0.2, 0.25) is 0 Å². The third-order valence-corrected chi connectivity index (χ3v) is 3.96. The van der Waals surface area contributed by atoms with Crippen LogP contribution in [0.5, 0.6) is 0 Å². The van der Waals surface area contributed by atoms with Gasteiger partial charge in [-0.2, -0.15) is 0 Å². The van der Waals surface area contributed by atoms with E-state index in [9.17, 15) is 0 Å². The Morgan fingerprint density at radius 3 is 2.61 bits per heavy atom. The molecule has 0 radical (unpaired) electrons. The van der Waals surface area contributed by atoms with Crippen LogP contribution in [0.2, 0.25) is 0 Å². The Kier molecular flexibility index (Phi) is 7.20. The number of ether oxygens (including phenoxy) is 1. The highest BCUT2D eigenvalue weighted by Crippen LogP contribution is 2.21. The van der Waals surface area contributed by atoms with Gasteiger partial charge in [-0.15, -0.1) is 0 Å². The maximum absolute atomic E-state index is 5.81. The van der Waals surface area contributed by atoms with Crippen molar-refractivity contribution in [3.8, 4) is 0 Å². The molecular weight excluding hydrogens is 224 g/mol. The van der Waals surface area contributed by atoms with Gasteiger partial charge in [-0.05, 0) is 32.2 Å². The summed E-state index contributed by atoms with van der Waals surface area (Å²) in [4.78, 5) is 2.68. The van der Waals surface area contributed by atoms with Crippen LogP contribution in [0, 0.1) is 5.92 Å². The molecule has 0 saturated carbocycles. The van der Waals surface area contributed by atoms with Gasteiger partial charge < -0.3 is 10.1 Å². The van der Waals surface area contributed by atoms with Crippen LogP contribution in [0.25, 0.3) is 0 Å². The van der Waals surface area contributed by atoms with Crippen LogP contribution in [0.15, 0.2) is 0 Å². The van der Waals surface area contributed by atoms with Crippen molar-refractivity contribution in [2.75, 3.05) is 26.2 Å². The Morgan fingerprint density at radius 2 is 2.06 bits per heavy atom. The van der Waals surface area contributed by atoms with Gasteiger partial charge in [0.1, 0.15) is 0 Å². The van der Waals surface area contributed by atoms with E-state index in [1.165, 1.54) is 12.8 Å². The summed E-state index contributed by atoms with van der Waals surface area (Å²) in [7, 11) is 0. The van der Waals surface area contributed by atoms with Gasteiger partial charge in [-0.3, -0.25) is 4.90 Å². The van der Waals surface area contributed by atoms with E-state index in [-0.39, 0.29) is 0 Å². The number of hydrogen-bond acceptors (Lipinski definition) is 3. The number of nitrogens with zero attached hydrogens (tertiary/aromatic N) is 1. The number of rotatable bonds is 7. The van der Waals surface area contributed by atoms with E-state index < -0.39 is 0 Å². The highest BCUT2D eigenvalue weighted by atomic mass is 16.5. The second-order valence-corrected chi connectivity index (χ2v) is 5.92. The minimum absolute atomic E-state index is 0.375. The highest BCUT2D eigenvalue weighted by molar-refractivity contribution is 4.86. The molecule has 0 spiro atoms. The first-order valence-corrected chi connectivity index (χ1v) is 7.68. The first-order chi connectivity index (χ1) is 8.60. The Morgan fingerprint density at radius 1 is 1.33 bits per heavy atom. The highest BCUT2D eigenvalue weighted by Gasteiger charge is 2.32. The first-order valence-electron chi connectivity index (χ1n) is 7.68. The van der Waals surface area contributed by atoms with E-state index in [0.717, 1.165) is 26.2 Å². The summed E-state index contributed by atoms with van der Waals surface area (Å²) in [6.07, 6.45) is 2.77. The molecule has 3 heteroatoms. The molecule has 0 aromatic heterocycles. The van der Waals surface area contributed by atoms with Gasteiger partial charge in [0.05, 0.1) is 12.7 Å². The molecule has 1 fully saturated rings. The Hall–Kier alpha value is -0.120. The average Bonchev–Trinajstić information content (AvgIpc) is 2.34. The largest absolute Gasteiger partial charge is 0.376 e. The van der Waals surface area contributed by atoms with Crippen molar-refractivity contribution in [3.05, 3.63) is 0 Å². The molecule has 108 valence electrons. The molecule has 3 atom stereocenters. The minimum atomic E-state index is 0.375. The zero-order chi connectivity index (χ0) is 13.5. The molecule has 0 aromatic rings. The summed E-state index contributed by atoms with van der Waals surface area (Å²) in [6.45, 7) is 15.6. The summed E-state index contributed by atoms with van der Waals surface area (Å²) in [5, 5.41) is 3.59. The molecule has 0 aliphatic carbocycles. The number of morpholine rings is 1. The molecule has 1 rings (SSSR count).